The van der Waals surface area contributed by atoms with E-state index in [-0.39, 0.29) is 6.03 Å². The molecule has 2 N–H and O–H groups in total. The molecule has 0 aliphatic heterocycles. The molecular weight excluding hydrogens is 240 g/mol. The molecule has 0 unspecified atom stereocenters. The van der Waals surface area contributed by atoms with Crippen molar-refractivity contribution in [1.82, 2.24) is 10.6 Å². The molecule has 1 aromatic rings. The Labute approximate surface area is 114 Å². The highest BCUT2D eigenvalue weighted by Gasteiger charge is 2.16. The number of urea groups is 1. The molecule has 0 spiro atoms. The second-order valence-corrected chi connectivity index (χ2v) is 5.11. The van der Waals surface area contributed by atoms with E-state index in [0.717, 1.165) is 29.7 Å². The summed E-state index contributed by atoms with van der Waals surface area (Å²) in [6.45, 7) is 2.53. The van der Waals surface area contributed by atoms with Crippen LogP contribution in [0.15, 0.2) is 18.2 Å². The second kappa shape index (κ2) is 6.45. The minimum absolute atomic E-state index is 0.0774. The van der Waals surface area contributed by atoms with E-state index in [9.17, 15) is 4.79 Å². The molecule has 2 rings (SSSR count). The van der Waals surface area contributed by atoms with Gasteiger partial charge in [-0.3, -0.25) is 0 Å². The summed E-state index contributed by atoms with van der Waals surface area (Å²) < 4.78 is 5.27. The summed E-state index contributed by atoms with van der Waals surface area (Å²) >= 11 is 0. The van der Waals surface area contributed by atoms with Crippen LogP contribution in [0.5, 0.6) is 5.75 Å². The van der Waals surface area contributed by atoms with E-state index in [4.69, 9.17) is 4.74 Å². The smallest absolute Gasteiger partial charge is 0.315 e. The summed E-state index contributed by atoms with van der Waals surface area (Å²) in [4.78, 5) is 11.7. The average molecular weight is 262 g/mol. The van der Waals surface area contributed by atoms with E-state index in [1.165, 1.54) is 12.8 Å². The third-order valence-electron chi connectivity index (χ3n) is 3.62. The van der Waals surface area contributed by atoms with Gasteiger partial charge in [-0.25, -0.2) is 4.79 Å². The van der Waals surface area contributed by atoms with Gasteiger partial charge in [0.15, 0.2) is 0 Å². The number of methoxy groups -OCH3 is 1. The predicted octanol–water partition coefficient (Wildman–Crippen LogP) is 2.75. The standard InChI is InChI=1S/C15H22N2O2/c1-11-7-8-12(9-14(11)19-2)10-16-15(18)17-13-5-3-4-6-13/h7-9,13H,3-6,10H2,1-2H3,(H2,16,17,18). The molecule has 2 amide bonds. The first-order chi connectivity index (χ1) is 9.19. The maximum atomic E-state index is 11.7. The highest BCUT2D eigenvalue weighted by atomic mass is 16.5. The number of hydrogen-bond acceptors (Lipinski definition) is 2. The molecule has 0 radical (unpaired) electrons. The molecule has 1 saturated carbocycles. The normalized spacial score (nSPS) is 15.3. The molecule has 4 heteroatoms. The van der Waals surface area contributed by atoms with E-state index < -0.39 is 0 Å². The Morgan fingerprint density at radius 3 is 2.79 bits per heavy atom. The first-order valence-electron chi connectivity index (χ1n) is 6.87. The van der Waals surface area contributed by atoms with Crippen molar-refractivity contribution in [3.05, 3.63) is 29.3 Å². The molecular formula is C15H22N2O2. The number of aryl methyl sites for hydroxylation is 1. The van der Waals surface area contributed by atoms with Crippen LogP contribution in [-0.2, 0) is 6.54 Å². The van der Waals surface area contributed by atoms with E-state index in [0.29, 0.717) is 12.6 Å². The molecule has 1 aliphatic carbocycles. The van der Waals surface area contributed by atoms with Crippen LogP contribution in [0.2, 0.25) is 0 Å². The van der Waals surface area contributed by atoms with Gasteiger partial charge in [0.05, 0.1) is 7.11 Å². The van der Waals surface area contributed by atoms with Crippen LogP contribution in [0, 0.1) is 6.92 Å². The van der Waals surface area contributed by atoms with Gasteiger partial charge in [0.1, 0.15) is 5.75 Å². The van der Waals surface area contributed by atoms with Gasteiger partial charge in [0.25, 0.3) is 0 Å². The van der Waals surface area contributed by atoms with E-state index in [2.05, 4.69) is 10.6 Å². The first kappa shape index (κ1) is 13.7. The molecule has 0 bridgehead atoms. The lowest BCUT2D eigenvalue weighted by Gasteiger charge is -2.13. The highest BCUT2D eigenvalue weighted by Crippen LogP contribution is 2.19. The molecule has 0 aromatic heterocycles. The number of nitrogens with one attached hydrogen (secondary N) is 2. The first-order valence-corrected chi connectivity index (χ1v) is 6.87. The third kappa shape index (κ3) is 3.88. The molecule has 0 atom stereocenters. The number of ether oxygens (including phenoxy) is 1. The van der Waals surface area contributed by atoms with Crippen LogP contribution < -0.4 is 15.4 Å². The van der Waals surface area contributed by atoms with Gasteiger partial charge in [0, 0.05) is 12.6 Å². The van der Waals surface area contributed by atoms with E-state index in [1.807, 2.05) is 25.1 Å². The lowest BCUT2D eigenvalue weighted by Crippen LogP contribution is -2.40. The largest absolute Gasteiger partial charge is 0.496 e. The van der Waals surface area contributed by atoms with Crippen molar-refractivity contribution in [3.63, 3.8) is 0 Å². The quantitative estimate of drug-likeness (QED) is 0.876. The number of amides is 2. The van der Waals surface area contributed by atoms with Crippen LogP contribution in [0.4, 0.5) is 4.79 Å². The lowest BCUT2D eigenvalue weighted by atomic mass is 10.1. The number of benzene rings is 1. The number of carbonyl (C=O) groups is 1. The molecule has 1 aromatic carbocycles. The van der Waals surface area contributed by atoms with Crippen molar-refractivity contribution in [2.45, 2.75) is 45.2 Å². The van der Waals surface area contributed by atoms with Gasteiger partial charge >= 0.3 is 6.03 Å². The van der Waals surface area contributed by atoms with Crippen LogP contribution >= 0.6 is 0 Å². The minimum Gasteiger partial charge on any atom is -0.496 e. The summed E-state index contributed by atoms with van der Waals surface area (Å²) in [5.41, 5.74) is 2.14. The zero-order valence-electron chi connectivity index (χ0n) is 11.7. The molecule has 1 fully saturated rings. The maximum absolute atomic E-state index is 11.7. The number of hydrogen-bond donors (Lipinski definition) is 2. The van der Waals surface area contributed by atoms with Crippen molar-refractivity contribution < 1.29 is 9.53 Å². The van der Waals surface area contributed by atoms with Crippen molar-refractivity contribution in [3.8, 4) is 5.75 Å². The Hall–Kier alpha value is -1.71. The number of rotatable bonds is 4. The molecule has 19 heavy (non-hydrogen) atoms. The third-order valence-corrected chi connectivity index (χ3v) is 3.62. The van der Waals surface area contributed by atoms with Crippen LogP contribution in [0.25, 0.3) is 0 Å². The van der Waals surface area contributed by atoms with Crippen LogP contribution in [-0.4, -0.2) is 19.2 Å². The zero-order chi connectivity index (χ0) is 13.7. The molecule has 1 aliphatic rings. The van der Waals surface area contributed by atoms with Crippen molar-refractivity contribution in [1.29, 1.82) is 0 Å². The molecule has 4 nitrogen and oxygen atoms in total. The van der Waals surface area contributed by atoms with E-state index in [1.54, 1.807) is 7.11 Å². The van der Waals surface area contributed by atoms with Gasteiger partial charge in [-0.15, -0.1) is 0 Å². The fraction of sp³-hybridized carbons (Fsp3) is 0.533. The minimum atomic E-state index is -0.0774. The summed E-state index contributed by atoms with van der Waals surface area (Å²) in [5, 5.41) is 5.90. The summed E-state index contributed by atoms with van der Waals surface area (Å²) in [6, 6.07) is 6.25. The monoisotopic (exact) mass is 262 g/mol. The highest BCUT2D eigenvalue weighted by molar-refractivity contribution is 5.74. The predicted molar refractivity (Wildman–Crippen MR) is 75.4 cm³/mol. The van der Waals surface area contributed by atoms with Crippen LogP contribution in [0.1, 0.15) is 36.8 Å². The Morgan fingerprint density at radius 1 is 1.37 bits per heavy atom. The Balaban J connectivity index is 1.82. The maximum Gasteiger partial charge on any atom is 0.315 e. The van der Waals surface area contributed by atoms with E-state index >= 15 is 0 Å². The topological polar surface area (TPSA) is 50.4 Å². The van der Waals surface area contributed by atoms with Gasteiger partial charge < -0.3 is 15.4 Å². The Bertz CT molecular complexity index is 440. The molecule has 0 heterocycles. The van der Waals surface area contributed by atoms with Crippen LogP contribution in [0.3, 0.4) is 0 Å². The summed E-state index contributed by atoms with van der Waals surface area (Å²) in [7, 11) is 1.66. The van der Waals surface area contributed by atoms with Gasteiger partial charge in [-0.2, -0.15) is 0 Å². The lowest BCUT2D eigenvalue weighted by molar-refractivity contribution is 0.236. The SMILES string of the molecule is COc1cc(CNC(=O)NC2CCCC2)ccc1C. The fourth-order valence-corrected chi connectivity index (χ4v) is 2.46. The summed E-state index contributed by atoms with van der Waals surface area (Å²) in [6.07, 6.45) is 4.65. The average Bonchev–Trinajstić information content (AvgIpc) is 2.90. The zero-order valence-corrected chi connectivity index (χ0v) is 11.7. The fourth-order valence-electron chi connectivity index (χ4n) is 2.46. The molecule has 104 valence electrons. The Kier molecular flexibility index (Phi) is 4.66. The second-order valence-electron chi connectivity index (χ2n) is 5.11. The summed E-state index contributed by atoms with van der Waals surface area (Å²) in [5.74, 6) is 0.857. The van der Waals surface area contributed by atoms with Gasteiger partial charge in [-0.1, -0.05) is 25.0 Å². The van der Waals surface area contributed by atoms with Crippen molar-refractivity contribution >= 4 is 6.03 Å². The Morgan fingerprint density at radius 2 is 2.11 bits per heavy atom. The van der Waals surface area contributed by atoms with Crippen molar-refractivity contribution in [2.75, 3.05) is 7.11 Å². The van der Waals surface area contributed by atoms with Gasteiger partial charge in [-0.05, 0) is 37.0 Å². The van der Waals surface area contributed by atoms with Crippen molar-refractivity contribution in [2.24, 2.45) is 0 Å². The van der Waals surface area contributed by atoms with Gasteiger partial charge in [0.2, 0.25) is 0 Å². The number of carbonyl (C=O) groups excluding carboxylic acids is 1. The molecule has 0 saturated heterocycles.